The first-order valence-corrected chi connectivity index (χ1v) is 10.3. The van der Waals surface area contributed by atoms with E-state index in [2.05, 4.69) is 10.2 Å². The van der Waals surface area contributed by atoms with Gasteiger partial charge >= 0.3 is 0 Å². The maximum atomic E-state index is 12.5. The molecule has 0 bridgehead atoms. The monoisotopic (exact) mass is 403 g/mol. The number of hydrogen-bond acceptors (Lipinski definition) is 6. The molecule has 1 aliphatic heterocycles. The Morgan fingerprint density at radius 2 is 1.89 bits per heavy atom. The molecule has 0 aliphatic carbocycles. The highest BCUT2D eigenvalue weighted by molar-refractivity contribution is 7.99. The minimum absolute atomic E-state index is 0.0459. The van der Waals surface area contributed by atoms with Gasteiger partial charge in [0, 0.05) is 31.1 Å². The van der Waals surface area contributed by atoms with Crippen LogP contribution in [0, 0.1) is 5.92 Å². The highest BCUT2D eigenvalue weighted by Crippen LogP contribution is 2.26. The van der Waals surface area contributed by atoms with Gasteiger partial charge in [0.05, 0.1) is 12.9 Å². The van der Waals surface area contributed by atoms with Crippen molar-refractivity contribution in [3.8, 4) is 17.1 Å². The van der Waals surface area contributed by atoms with Gasteiger partial charge in [0.15, 0.2) is 11.0 Å². The maximum absolute atomic E-state index is 12.5. The smallest absolute Gasteiger partial charge is 0.233 e. The van der Waals surface area contributed by atoms with E-state index in [0.717, 1.165) is 17.1 Å². The number of ether oxygens (including phenoxy) is 1. The quantitative estimate of drug-likeness (QED) is 0.707. The Hall–Kier alpha value is -2.55. The lowest BCUT2D eigenvalue weighted by molar-refractivity contribution is -0.132. The van der Waals surface area contributed by atoms with Crippen LogP contribution in [0.1, 0.15) is 19.8 Å². The number of carbonyl (C=O) groups is 2. The number of thioether (sulfide) groups is 1. The van der Waals surface area contributed by atoms with E-state index in [1.54, 1.807) is 12.0 Å². The summed E-state index contributed by atoms with van der Waals surface area (Å²) in [6.07, 6.45) is 1.27. The van der Waals surface area contributed by atoms with Gasteiger partial charge < -0.3 is 19.9 Å². The summed E-state index contributed by atoms with van der Waals surface area (Å²) in [5.74, 6) is 1.50. The first-order chi connectivity index (χ1) is 13.5. The molecule has 2 amide bonds. The zero-order valence-electron chi connectivity index (χ0n) is 16.1. The van der Waals surface area contributed by atoms with E-state index in [4.69, 9.17) is 10.5 Å². The Kier molecular flexibility index (Phi) is 6.56. The van der Waals surface area contributed by atoms with Crippen molar-refractivity contribution in [3.63, 3.8) is 0 Å². The predicted octanol–water partition coefficient (Wildman–Crippen LogP) is 1.79. The minimum atomic E-state index is -0.274. The van der Waals surface area contributed by atoms with Gasteiger partial charge in [0.1, 0.15) is 5.75 Å². The number of piperidine rings is 1. The third-order valence-corrected chi connectivity index (χ3v) is 5.91. The molecule has 0 radical (unpaired) electrons. The molecule has 0 unspecified atom stereocenters. The lowest BCUT2D eigenvalue weighted by Gasteiger charge is -2.30. The van der Waals surface area contributed by atoms with Crippen LogP contribution in [-0.4, -0.2) is 57.4 Å². The molecule has 1 aliphatic rings. The van der Waals surface area contributed by atoms with Gasteiger partial charge in [0.2, 0.25) is 11.8 Å². The van der Waals surface area contributed by atoms with Crippen molar-refractivity contribution in [3.05, 3.63) is 24.3 Å². The highest BCUT2D eigenvalue weighted by atomic mass is 32.2. The van der Waals surface area contributed by atoms with Crippen LogP contribution in [0.4, 0.5) is 0 Å². The molecule has 8 nitrogen and oxygen atoms in total. The van der Waals surface area contributed by atoms with E-state index in [0.29, 0.717) is 43.4 Å². The predicted molar refractivity (Wildman–Crippen MR) is 107 cm³/mol. The molecular weight excluding hydrogens is 378 g/mol. The second-order valence-electron chi connectivity index (χ2n) is 6.63. The van der Waals surface area contributed by atoms with Gasteiger partial charge in [-0.05, 0) is 44.0 Å². The molecule has 1 aromatic carbocycles. The molecule has 9 heteroatoms. The van der Waals surface area contributed by atoms with Crippen LogP contribution in [0.2, 0.25) is 0 Å². The van der Waals surface area contributed by atoms with E-state index < -0.39 is 0 Å². The molecule has 1 aromatic heterocycles. The number of nitrogens with zero attached hydrogens (tertiary/aromatic N) is 4. The molecular formula is C19H25N5O3S. The van der Waals surface area contributed by atoms with Crippen LogP contribution < -0.4 is 10.5 Å². The van der Waals surface area contributed by atoms with Crippen molar-refractivity contribution in [2.45, 2.75) is 31.5 Å². The minimum Gasteiger partial charge on any atom is -0.497 e. The second kappa shape index (κ2) is 9.09. The van der Waals surface area contributed by atoms with Crippen molar-refractivity contribution in [2.24, 2.45) is 11.7 Å². The lowest BCUT2D eigenvalue weighted by atomic mass is 9.96. The molecule has 1 fully saturated rings. The van der Waals surface area contributed by atoms with Crippen LogP contribution in [0.5, 0.6) is 5.75 Å². The van der Waals surface area contributed by atoms with Crippen LogP contribution in [0.15, 0.2) is 29.4 Å². The maximum Gasteiger partial charge on any atom is 0.233 e. The van der Waals surface area contributed by atoms with Crippen molar-refractivity contribution >= 4 is 23.6 Å². The number of rotatable bonds is 7. The van der Waals surface area contributed by atoms with Gasteiger partial charge in [-0.3, -0.25) is 9.59 Å². The summed E-state index contributed by atoms with van der Waals surface area (Å²) in [6.45, 7) is 3.88. The Bertz CT molecular complexity index is 829. The summed E-state index contributed by atoms with van der Waals surface area (Å²) in [5, 5.41) is 9.29. The number of amides is 2. The van der Waals surface area contributed by atoms with E-state index >= 15 is 0 Å². The third kappa shape index (κ3) is 4.46. The molecule has 0 saturated carbocycles. The van der Waals surface area contributed by atoms with Crippen molar-refractivity contribution in [1.29, 1.82) is 0 Å². The summed E-state index contributed by atoms with van der Waals surface area (Å²) >= 11 is 1.39. The molecule has 0 spiro atoms. The van der Waals surface area contributed by atoms with E-state index in [1.807, 2.05) is 35.8 Å². The molecule has 2 N–H and O–H groups in total. The number of nitrogens with two attached hydrogens (primary N) is 1. The van der Waals surface area contributed by atoms with Gasteiger partial charge in [-0.25, -0.2) is 0 Å². The SMILES string of the molecule is CCn1c(SCC(=O)N2CCC(C(N)=O)CC2)nnc1-c1ccc(OC)cc1. The number of benzene rings is 1. The average Bonchev–Trinajstić information content (AvgIpc) is 3.15. The van der Waals surface area contributed by atoms with Crippen molar-refractivity contribution in [2.75, 3.05) is 26.0 Å². The molecule has 3 rings (SSSR count). The molecule has 28 heavy (non-hydrogen) atoms. The Labute approximate surface area is 168 Å². The number of likely N-dealkylation sites (tertiary alicyclic amines) is 1. The fourth-order valence-electron chi connectivity index (χ4n) is 3.27. The van der Waals surface area contributed by atoms with Gasteiger partial charge in [-0.15, -0.1) is 10.2 Å². The first-order valence-electron chi connectivity index (χ1n) is 9.31. The third-order valence-electron chi connectivity index (χ3n) is 4.96. The summed E-state index contributed by atoms with van der Waals surface area (Å²) in [7, 11) is 1.63. The van der Waals surface area contributed by atoms with Crippen LogP contribution in [-0.2, 0) is 16.1 Å². The molecule has 0 atom stereocenters. The van der Waals surface area contributed by atoms with Crippen LogP contribution >= 0.6 is 11.8 Å². The van der Waals surface area contributed by atoms with Crippen molar-refractivity contribution in [1.82, 2.24) is 19.7 Å². The lowest BCUT2D eigenvalue weighted by Crippen LogP contribution is -2.42. The Morgan fingerprint density at radius 1 is 1.21 bits per heavy atom. The van der Waals surface area contributed by atoms with Crippen LogP contribution in [0.3, 0.4) is 0 Å². The zero-order valence-corrected chi connectivity index (χ0v) is 16.9. The van der Waals surface area contributed by atoms with E-state index in [-0.39, 0.29) is 17.7 Å². The van der Waals surface area contributed by atoms with E-state index in [9.17, 15) is 9.59 Å². The van der Waals surface area contributed by atoms with Gasteiger partial charge in [-0.1, -0.05) is 11.8 Å². The van der Waals surface area contributed by atoms with Gasteiger partial charge in [0.25, 0.3) is 0 Å². The zero-order chi connectivity index (χ0) is 20.1. The average molecular weight is 404 g/mol. The van der Waals surface area contributed by atoms with Gasteiger partial charge in [-0.2, -0.15) is 0 Å². The van der Waals surface area contributed by atoms with Crippen molar-refractivity contribution < 1.29 is 14.3 Å². The second-order valence-corrected chi connectivity index (χ2v) is 7.57. The molecule has 2 aromatic rings. The molecule has 150 valence electrons. The Balaban J connectivity index is 1.62. The first kappa shape index (κ1) is 20.2. The fraction of sp³-hybridized carbons (Fsp3) is 0.474. The van der Waals surface area contributed by atoms with Crippen LogP contribution in [0.25, 0.3) is 11.4 Å². The standard InChI is InChI=1S/C19H25N5O3S/c1-3-24-18(14-4-6-15(27-2)7-5-14)21-22-19(24)28-12-16(25)23-10-8-13(9-11-23)17(20)26/h4-7,13H,3,8-12H2,1-2H3,(H2,20,26). The molecule has 2 heterocycles. The topological polar surface area (TPSA) is 103 Å². The number of primary amides is 1. The molecule has 1 saturated heterocycles. The highest BCUT2D eigenvalue weighted by Gasteiger charge is 2.26. The largest absolute Gasteiger partial charge is 0.497 e. The summed E-state index contributed by atoms with van der Waals surface area (Å²) in [4.78, 5) is 25.6. The summed E-state index contributed by atoms with van der Waals surface area (Å²) in [6, 6.07) is 7.65. The number of hydrogen-bond donors (Lipinski definition) is 1. The summed E-state index contributed by atoms with van der Waals surface area (Å²) < 4.78 is 7.19. The fourth-order valence-corrected chi connectivity index (χ4v) is 4.17. The normalized spacial score (nSPS) is 14.9. The summed E-state index contributed by atoms with van der Waals surface area (Å²) in [5.41, 5.74) is 6.30. The number of methoxy groups -OCH3 is 1. The van der Waals surface area contributed by atoms with E-state index in [1.165, 1.54) is 11.8 Å². The number of aromatic nitrogens is 3. The number of carbonyl (C=O) groups excluding carboxylic acids is 2. The Morgan fingerprint density at radius 3 is 2.46 bits per heavy atom.